The highest BCUT2D eigenvalue weighted by Gasteiger charge is 2.40. The van der Waals surface area contributed by atoms with Gasteiger partial charge in [-0.25, -0.2) is 4.98 Å². The lowest BCUT2D eigenvalue weighted by Gasteiger charge is -2.20. The Morgan fingerprint density at radius 2 is 2.07 bits per heavy atom. The molecule has 2 bridgehead atoms. The molecule has 2 N–H and O–H groups in total. The maximum atomic E-state index is 13.0. The smallest absolute Gasteiger partial charge is 0.225 e. The highest BCUT2D eigenvalue weighted by molar-refractivity contribution is 7.17. The Morgan fingerprint density at radius 3 is 2.90 bits per heavy atom. The van der Waals surface area contributed by atoms with E-state index in [0.29, 0.717) is 12.3 Å². The lowest BCUT2D eigenvalue weighted by molar-refractivity contribution is -0.117. The molecule has 2 saturated carbocycles. The molecule has 3 aromatic rings. The lowest BCUT2D eigenvalue weighted by Crippen LogP contribution is -2.20. The molecule has 0 radical (unpaired) electrons. The van der Waals surface area contributed by atoms with Gasteiger partial charge in [0.1, 0.15) is 10.8 Å². The largest absolute Gasteiger partial charge is 0.338 e. The number of aromatic nitrogens is 2. The van der Waals surface area contributed by atoms with Crippen molar-refractivity contribution in [3.63, 3.8) is 0 Å². The fourth-order valence-corrected chi connectivity index (χ4v) is 7.32. The Kier molecular flexibility index (Phi) is 4.26. The van der Waals surface area contributed by atoms with E-state index in [0.717, 1.165) is 52.1 Å². The number of para-hydroxylation sites is 2. The number of hydrogen-bond acceptors (Lipinski definition) is 3. The van der Waals surface area contributed by atoms with Gasteiger partial charge in [-0.05, 0) is 80.4 Å². The van der Waals surface area contributed by atoms with Gasteiger partial charge < -0.3 is 10.3 Å². The number of nitrogens with zero attached hydrogens (tertiary/aromatic N) is 1. The van der Waals surface area contributed by atoms with Crippen molar-refractivity contribution in [1.82, 2.24) is 9.97 Å². The molecule has 0 aliphatic heterocycles. The topological polar surface area (TPSA) is 57.8 Å². The number of amides is 1. The molecule has 3 atom stereocenters. The van der Waals surface area contributed by atoms with E-state index in [2.05, 4.69) is 16.4 Å². The predicted molar refractivity (Wildman–Crippen MR) is 118 cm³/mol. The highest BCUT2D eigenvalue weighted by Crippen LogP contribution is 2.50. The minimum absolute atomic E-state index is 0.193. The summed E-state index contributed by atoms with van der Waals surface area (Å²) in [6, 6.07) is 8.17. The molecule has 1 amide bonds. The highest BCUT2D eigenvalue weighted by atomic mass is 32.1. The van der Waals surface area contributed by atoms with E-state index >= 15 is 0 Å². The fourth-order valence-electron chi connectivity index (χ4n) is 6.02. The van der Waals surface area contributed by atoms with E-state index in [9.17, 15) is 4.79 Å². The van der Waals surface area contributed by atoms with Gasteiger partial charge in [0.05, 0.1) is 16.6 Å². The summed E-state index contributed by atoms with van der Waals surface area (Å²) in [5.74, 6) is 3.37. The van der Waals surface area contributed by atoms with Crippen molar-refractivity contribution in [3.8, 4) is 11.4 Å². The first-order chi connectivity index (χ1) is 14.2. The first-order valence-corrected chi connectivity index (χ1v) is 12.0. The van der Waals surface area contributed by atoms with Crippen LogP contribution in [0.1, 0.15) is 55.4 Å². The molecule has 150 valence electrons. The standard InChI is InChI=1S/C24H27N3OS/c28-21(13-16-12-14-9-10-15(16)11-14)27-24-22(17-5-1-4-8-20(17)29-24)23-25-18-6-2-3-7-19(18)26-23/h2-3,6-7,14-16H,1,4-5,8-13H2,(H,25,26)(H,27,28)/t14-,15+,16-/m0/s1. The second-order valence-electron chi connectivity index (χ2n) is 9.20. The van der Waals surface area contributed by atoms with Crippen molar-refractivity contribution in [2.75, 3.05) is 5.32 Å². The number of fused-ring (bicyclic) bond motifs is 4. The third kappa shape index (κ3) is 3.10. The molecule has 5 heteroatoms. The van der Waals surface area contributed by atoms with Gasteiger partial charge in [-0.1, -0.05) is 18.6 Å². The summed E-state index contributed by atoms with van der Waals surface area (Å²) in [6.45, 7) is 0. The zero-order chi connectivity index (χ0) is 19.4. The van der Waals surface area contributed by atoms with E-state index in [-0.39, 0.29) is 5.91 Å². The molecule has 0 spiro atoms. The Balaban J connectivity index is 1.32. The molecule has 3 aliphatic rings. The van der Waals surface area contributed by atoms with E-state index in [4.69, 9.17) is 4.98 Å². The minimum atomic E-state index is 0.193. The van der Waals surface area contributed by atoms with Gasteiger partial charge in [0.2, 0.25) is 5.91 Å². The number of thiophene rings is 1. The van der Waals surface area contributed by atoms with E-state index in [1.165, 1.54) is 49.0 Å². The third-order valence-electron chi connectivity index (χ3n) is 7.38. The van der Waals surface area contributed by atoms with Gasteiger partial charge in [0.15, 0.2) is 0 Å². The molecule has 0 unspecified atom stereocenters. The number of benzene rings is 1. The van der Waals surface area contributed by atoms with Crippen molar-refractivity contribution >= 4 is 33.3 Å². The number of anilines is 1. The van der Waals surface area contributed by atoms with Crippen LogP contribution in [-0.2, 0) is 17.6 Å². The monoisotopic (exact) mass is 405 g/mol. The summed E-state index contributed by atoms with van der Waals surface area (Å²) in [7, 11) is 0. The molecule has 6 rings (SSSR count). The zero-order valence-corrected chi connectivity index (χ0v) is 17.5. The molecule has 29 heavy (non-hydrogen) atoms. The summed E-state index contributed by atoms with van der Waals surface area (Å²) >= 11 is 1.78. The molecular weight excluding hydrogens is 378 g/mol. The summed E-state index contributed by atoms with van der Waals surface area (Å²) in [5, 5.41) is 4.32. The molecule has 2 aromatic heterocycles. The van der Waals surface area contributed by atoms with Crippen LogP contribution in [0.4, 0.5) is 5.00 Å². The van der Waals surface area contributed by atoms with E-state index in [1.807, 2.05) is 18.2 Å². The first kappa shape index (κ1) is 17.7. The number of nitrogens with one attached hydrogen (secondary N) is 2. The summed E-state index contributed by atoms with van der Waals surface area (Å²) in [5.41, 5.74) is 4.58. The molecule has 3 aliphatic carbocycles. The average molecular weight is 406 g/mol. The van der Waals surface area contributed by atoms with E-state index in [1.54, 1.807) is 11.3 Å². The molecule has 2 heterocycles. The predicted octanol–water partition coefficient (Wildman–Crippen LogP) is 5.94. The van der Waals surface area contributed by atoms with Crippen LogP contribution in [0.15, 0.2) is 24.3 Å². The minimum Gasteiger partial charge on any atom is -0.338 e. The molecule has 4 nitrogen and oxygen atoms in total. The van der Waals surface area contributed by atoms with Crippen molar-refractivity contribution in [1.29, 1.82) is 0 Å². The van der Waals surface area contributed by atoms with Gasteiger partial charge in [-0.2, -0.15) is 0 Å². The number of aryl methyl sites for hydroxylation is 1. The Bertz CT molecular complexity index is 1050. The van der Waals surface area contributed by atoms with Gasteiger partial charge in [0.25, 0.3) is 0 Å². The Morgan fingerprint density at radius 1 is 1.17 bits per heavy atom. The van der Waals surface area contributed by atoms with Gasteiger partial charge in [-0.3, -0.25) is 4.79 Å². The second kappa shape index (κ2) is 6.98. The Labute approximate surface area is 175 Å². The Hall–Kier alpha value is -2.14. The maximum absolute atomic E-state index is 13.0. The quantitative estimate of drug-likeness (QED) is 0.565. The number of imidazole rings is 1. The van der Waals surface area contributed by atoms with Gasteiger partial charge in [0, 0.05) is 11.3 Å². The normalized spacial score (nSPS) is 25.4. The summed E-state index contributed by atoms with van der Waals surface area (Å²) in [6.07, 6.45) is 10.7. The van der Waals surface area contributed by atoms with Gasteiger partial charge >= 0.3 is 0 Å². The number of H-pyrrole nitrogens is 1. The van der Waals surface area contributed by atoms with Crippen LogP contribution in [0, 0.1) is 17.8 Å². The SMILES string of the molecule is O=C(C[C@@H]1C[C@H]2CC[C@@H]1C2)Nc1sc2c(c1-c1nc3ccccc3[nH]1)CCCC2. The number of carbonyl (C=O) groups excluding carboxylic acids is 1. The van der Waals surface area contributed by atoms with Crippen LogP contribution in [0.3, 0.4) is 0 Å². The van der Waals surface area contributed by atoms with Crippen molar-refractivity contribution < 1.29 is 4.79 Å². The molecular formula is C24H27N3OS. The third-order valence-corrected chi connectivity index (χ3v) is 8.59. The molecule has 1 aromatic carbocycles. The van der Waals surface area contributed by atoms with Crippen LogP contribution < -0.4 is 5.32 Å². The second-order valence-corrected chi connectivity index (χ2v) is 10.3. The van der Waals surface area contributed by atoms with Crippen molar-refractivity contribution in [2.24, 2.45) is 17.8 Å². The van der Waals surface area contributed by atoms with Crippen LogP contribution >= 0.6 is 11.3 Å². The maximum Gasteiger partial charge on any atom is 0.225 e. The van der Waals surface area contributed by atoms with Crippen LogP contribution in [0.2, 0.25) is 0 Å². The van der Waals surface area contributed by atoms with Gasteiger partial charge in [-0.15, -0.1) is 11.3 Å². The average Bonchev–Trinajstić information content (AvgIpc) is 3.49. The fraction of sp³-hybridized carbons (Fsp3) is 0.500. The summed E-state index contributed by atoms with van der Waals surface area (Å²) in [4.78, 5) is 22.8. The number of hydrogen-bond donors (Lipinski definition) is 2. The van der Waals surface area contributed by atoms with Crippen LogP contribution in [0.5, 0.6) is 0 Å². The van der Waals surface area contributed by atoms with Crippen molar-refractivity contribution in [3.05, 3.63) is 34.7 Å². The number of aromatic amines is 1. The molecule has 2 fully saturated rings. The number of rotatable bonds is 4. The van der Waals surface area contributed by atoms with Crippen LogP contribution in [-0.4, -0.2) is 15.9 Å². The number of carbonyl (C=O) groups is 1. The van der Waals surface area contributed by atoms with E-state index < -0.39 is 0 Å². The van der Waals surface area contributed by atoms with Crippen molar-refractivity contribution in [2.45, 2.75) is 57.8 Å². The first-order valence-electron chi connectivity index (χ1n) is 11.1. The molecule has 0 saturated heterocycles. The summed E-state index contributed by atoms with van der Waals surface area (Å²) < 4.78 is 0. The lowest BCUT2D eigenvalue weighted by atomic mass is 9.86. The van der Waals surface area contributed by atoms with Crippen LogP contribution in [0.25, 0.3) is 22.4 Å². The zero-order valence-electron chi connectivity index (χ0n) is 16.7.